The van der Waals surface area contributed by atoms with Crippen LogP contribution >= 0.6 is 11.3 Å². The summed E-state index contributed by atoms with van der Waals surface area (Å²) in [6.45, 7) is 6.35. The third kappa shape index (κ3) is 3.98. The minimum Gasteiger partial charge on any atom is -0.496 e. The van der Waals surface area contributed by atoms with E-state index in [1.807, 2.05) is 45.0 Å². The molecule has 0 aliphatic heterocycles. The molecule has 5 nitrogen and oxygen atoms in total. The highest BCUT2D eigenvalue weighted by molar-refractivity contribution is 7.17. The van der Waals surface area contributed by atoms with Crippen molar-refractivity contribution < 1.29 is 9.53 Å². The maximum atomic E-state index is 12.3. The second-order valence-corrected chi connectivity index (χ2v) is 6.23. The van der Waals surface area contributed by atoms with E-state index in [1.165, 1.54) is 11.3 Å². The number of carbonyl (C=O) groups is 1. The minimum absolute atomic E-state index is 0.113. The molecule has 0 saturated carbocycles. The van der Waals surface area contributed by atoms with Crippen LogP contribution in [0.2, 0.25) is 0 Å². The number of methoxy groups -OCH3 is 1. The van der Waals surface area contributed by atoms with E-state index in [9.17, 15) is 4.79 Å². The molecule has 6 heteroatoms. The van der Waals surface area contributed by atoms with Gasteiger partial charge in [-0.15, -0.1) is 0 Å². The van der Waals surface area contributed by atoms with Crippen molar-refractivity contribution in [3.8, 4) is 5.75 Å². The summed E-state index contributed by atoms with van der Waals surface area (Å²) in [5.41, 5.74) is 1.69. The molecular formula is C16H21N3O2S. The van der Waals surface area contributed by atoms with E-state index < -0.39 is 0 Å². The highest BCUT2D eigenvalue weighted by atomic mass is 32.1. The van der Waals surface area contributed by atoms with Gasteiger partial charge in [0, 0.05) is 18.2 Å². The summed E-state index contributed by atoms with van der Waals surface area (Å²) in [4.78, 5) is 17.3. The van der Waals surface area contributed by atoms with Crippen molar-refractivity contribution >= 4 is 22.4 Å². The summed E-state index contributed by atoms with van der Waals surface area (Å²) < 4.78 is 5.28. The lowest BCUT2D eigenvalue weighted by atomic mass is 10.2. The SMILES string of the molecule is COc1ccccc1CNC(=O)c1sc(NC(C)C)nc1C. The van der Waals surface area contributed by atoms with Crippen LogP contribution in [0.15, 0.2) is 24.3 Å². The van der Waals surface area contributed by atoms with Gasteiger partial charge in [0.05, 0.1) is 12.8 Å². The first-order chi connectivity index (χ1) is 10.5. The number of aromatic nitrogens is 1. The van der Waals surface area contributed by atoms with Crippen LogP contribution in [0, 0.1) is 6.92 Å². The molecule has 1 heterocycles. The van der Waals surface area contributed by atoms with Crippen LogP contribution in [0.3, 0.4) is 0 Å². The molecule has 2 aromatic rings. The van der Waals surface area contributed by atoms with Crippen LogP contribution < -0.4 is 15.4 Å². The van der Waals surface area contributed by atoms with Crippen molar-refractivity contribution in [2.24, 2.45) is 0 Å². The number of hydrogen-bond donors (Lipinski definition) is 2. The van der Waals surface area contributed by atoms with Crippen LogP contribution in [0.5, 0.6) is 5.75 Å². The number of thiazole rings is 1. The van der Waals surface area contributed by atoms with Crippen molar-refractivity contribution in [3.63, 3.8) is 0 Å². The molecular weight excluding hydrogens is 298 g/mol. The van der Waals surface area contributed by atoms with Gasteiger partial charge in [-0.3, -0.25) is 4.79 Å². The Bertz CT molecular complexity index is 653. The van der Waals surface area contributed by atoms with E-state index in [-0.39, 0.29) is 11.9 Å². The number of benzene rings is 1. The van der Waals surface area contributed by atoms with E-state index >= 15 is 0 Å². The largest absolute Gasteiger partial charge is 0.496 e. The lowest BCUT2D eigenvalue weighted by Gasteiger charge is -2.09. The van der Waals surface area contributed by atoms with Gasteiger partial charge in [-0.25, -0.2) is 4.98 Å². The Morgan fingerprint density at radius 1 is 1.36 bits per heavy atom. The number of nitrogens with zero attached hydrogens (tertiary/aromatic N) is 1. The molecule has 0 unspecified atom stereocenters. The van der Waals surface area contributed by atoms with Gasteiger partial charge in [0.1, 0.15) is 10.6 Å². The number of aryl methyl sites for hydroxylation is 1. The highest BCUT2D eigenvalue weighted by Gasteiger charge is 2.16. The summed E-state index contributed by atoms with van der Waals surface area (Å²) in [5, 5.41) is 6.91. The van der Waals surface area contributed by atoms with Gasteiger partial charge in [-0.1, -0.05) is 29.5 Å². The van der Waals surface area contributed by atoms with E-state index in [1.54, 1.807) is 7.11 Å². The molecule has 0 fully saturated rings. The van der Waals surface area contributed by atoms with Crippen LogP contribution in [-0.2, 0) is 6.54 Å². The zero-order chi connectivity index (χ0) is 16.1. The summed E-state index contributed by atoms with van der Waals surface area (Å²) in [5.74, 6) is 0.656. The van der Waals surface area contributed by atoms with Crippen molar-refractivity contribution in [1.29, 1.82) is 0 Å². The van der Waals surface area contributed by atoms with E-state index in [0.717, 1.165) is 22.1 Å². The molecule has 1 aromatic carbocycles. The second kappa shape index (κ2) is 7.26. The zero-order valence-electron chi connectivity index (χ0n) is 13.3. The standard InChI is InChI=1S/C16H21N3O2S/c1-10(2)18-16-19-11(3)14(22-16)15(20)17-9-12-7-5-6-8-13(12)21-4/h5-8,10H,9H2,1-4H3,(H,17,20)(H,18,19). The normalized spacial score (nSPS) is 10.6. The molecule has 0 bridgehead atoms. The van der Waals surface area contributed by atoms with Crippen molar-refractivity contribution in [2.45, 2.75) is 33.4 Å². The van der Waals surface area contributed by atoms with Crippen LogP contribution in [0.4, 0.5) is 5.13 Å². The lowest BCUT2D eigenvalue weighted by Crippen LogP contribution is -2.22. The fourth-order valence-corrected chi connectivity index (χ4v) is 3.05. The molecule has 0 aliphatic carbocycles. The number of ether oxygens (including phenoxy) is 1. The number of carbonyl (C=O) groups excluding carboxylic acids is 1. The second-order valence-electron chi connectivity index (χ2n) is 5.23. The Labute approximate surface area is 134 Å². The maximum Gasteiger partial charge on any atom is 0.263 e. The number of amides is 1. The first-order valence-electron chi connectivity index (χ1n) is 7.15. The number of anilines is 1. The third-order valence-electron chi connectivity index (χ3n) is 3.05. The maximum absolute atomic E-state index is 12.3. The van der Waals surface area contributed by atoms with Crippen LogP contribution in [0.25, 0.3) is 0 Å². The van der Waals surface area contributed by atoms with Gasteiger partial charge in [0.25, 0.3) is 5.91 Å². The molecule has 118 valence electrons. The van der Waals surface area contributed by atoms with Crippen molar-refractivity contribution in [3.05, 3.63) is 40.4 Å². The molecule has 0 radical (unpaired) electrons. The third-order valence-corrected chi connectivity index (χ3v) is 4.13. The fourth-order valence-electron chi connectivity index (χ4n) is 2.02. The van der Waals surface area contributed by atoms with Gasteiger partial charge in [-0.2, -0.15) is 0 Å². The quantitative estimate of drug-likeness (QED) is 0.858. The molecule has 0 atom stereocenters. The molecule has 1 amide bonds. The average Bonchev–Trinajstić information content (AvgIpc) is 2.84. The van der Waals surface area contributed by atoms with Crippen LogP contribution in [-0.4, -0.2) is 24.0 Å². The van der Waals surface area contributed by atoms with E-state index in [4.69, 9.17) is 4.74 Å². The Morgan fingerprint density at radius 2 is 2.09 bits per heavy atom. The molecule has 1 aromatic heterocycles. The number of rotatable bonds is 6. The van der Waals surface area contributed by atoms with Gasteiger partial charge in [0.2, 0.25) is 0 Å². The topological polar surface area (TPSA) is 63.2 Å². The number of para-hydroxylation sites is 1. The van der Waals surface area contributed by atoms with E-state index in [2.05, 4.69) is 15.6 Å². The summed E-state index contributed by atoms with van der Waals surface area (Å²) in [6.07, 6.45) is 0. The molecule has 0 saturated heterocycles. The van der Waals surface area contributed by atoms with Gasteiger partial charge < -0.3 is 15.4 Å². The van der Waals surface area contributed by atoms with Gasteiger partial charge in [0.15, 0.2) is 5.13 Å². The van der Waals surface area contributed by atoms with Crippen molar-refractivity contribution in [2.75, 3.05) is 12.4 Å². The first kappa shape index (κ1) is 16.3. The Morgan fingerprint density at radius 3 is 2.77 bits per heavy atom. The molecule has 0 aliphatic rings. The highest BCUT2D eigenvalue weighted by Crippen LogP contribution is 2.23. The fraction of sp³-hybridized carbons (Fsp3) is 0.375. The smallest absolute Gasteiger partial charge is 0.263 e. The summed E-state index contributed by atoms with van der Waals surface area (Å²) in [7, 11) is 1.62. The average molecular weight is 319 g/mol. The predicted molar refractivity (Wildman–Crippen MR) is 89.8 cm³/mol. The number of nitrogens with one attached hydrogen (secondary N) is 2. The van der Waals surface area contributed by atoms with E-state index in [0.29, 0.717) is 11.4 Å². The molecule has 2 N–H and O–H groups in total. The Balaban J connectivity index is 2.05. The zero-order valence-corrected chi connectivity index (χ0v) is 14.1. The summed E-state index contributed by atoms with van der Waals surface area (Å²) in [6, 6.07) is 7.93. The molecule has 2 rings (SSSR count). The monoisotopic (exact) mass is 319 g/mol. The molecule has 0 spiro atoms. The summed E-state index contributed by atoms with van der Waals surface area (Å²) >= 11 is 1.38. The Kier molecular flexibility index (Phi) is 5.38. The minimum atomic E-state index is -0.113. The van der Waals surface area contributed by atoms with Gasteiger partial charge in [-0.05, 0) is 26.8 Å². The first-order valence-corrected chi connectivity index (χ1v) is 7.97. The lowest BCUT2D eigenvalue weighted by molar-refractivity contribution is 0.0954. The predicted octanol–water partition coefficient (Wildman–Crippen LogP) is 3.21. The number of hydrogen-bond acceptors (Lipinski definition) is 5. The molecule has 22 heavy (non-hydrogen) atoms. The van der Waals surface area contributed by atoms with Gasteiger partial charge >= 0.3 is 0 Å². The Hall–Kier alpha value is -2.08. The van der Waals surface area contributed by atoms with Crippen molar-refractivity contribution in [1.82, 2.24) is 10.3 Å². The van der Waals surface area contributed by atoms with Crippen LogP contribution in [0.1, 0.15) is 34.8 Å².